The summed E-state index contributed by atoms with van der Waals surface area (Å²) < 4.78 is 72.2. The van der Waals surface area contributed by atoms with Gasteiger partial charge in [0.1, 0.15) is 34.7 Å². The molecule has 2 aliphatic rings. The molecule has 6 aromatic rings. The predicted octanol–water partition coefficient (Wildman–Crippen LogP) is 6.56. The summed E-state index contributed by atoms with van der Waals surface area (Å²) in [5, 5.41) is 12.8. The molecule has 0 aliphatic carbocycles. The van der Waals surface area contributed by atoms with Gasteiger partial charge in [0, 0.05) is 41.6 Å². The van der Waals surface area contributed by atoms with Crippen LogP contribution < -0.4 is 15.2 Å². The van der Waals surface area contributed by atoms with E-state index in [-0.39, 0.29) is 58.4 Å². The highest BCUT2D eigenvalue weighted by molar-refractivity contribution is 5.82. The van der Waals surface area contributed by atoms with Gasteiger partial charge >= 0.3 is 5.76 Å². The van der Waals surface area contributed by atoms with Crippen LogP contribution in [0.3, 0.4) is 0 Å². The topological polar surface area (TPSA) is 141 Å². The zero-order valence-electron chi connectivity index (χ0n) is 26.9. The highest BCUT2D eigenvalue weighted by Crippen LogP contribution is 2.49. The molecule has 1 N–H and O–H groups in total. The van der Waals surface area contributed by atoms with E-state index in [2.05, 4.69) is 24.6 Å². The van der Waals surface area contributed by atoms with Crippen LogP contribution in [0, 0.1) is 34.2 Å². The Bertz CT molecular complexity index is 2430. The Balaban J connectivity index is 1.18. The van der Waals surface area contributed by atoms with Gasteiger partial charge in [-0.25, -0.2) is 22.9 Å². The molecular formula is C36H27F3N6O5. The van der Waals surface area contributed by atoms with Gasteiger partial charge in [0.05, 0.1) is 30.3 Å². The van der Waals surface area contributed by atoms with Crippen molar-refractivity contribution in [2.45, 2.75) is 39.0 Å². The number of nitrogens with one attached hydrogen (secondary N) is 1. The molecule has 0 amide bonds. The summed E-state index contributed by atoms with van der Waals surface area (Å²) in [6.07, 6.45) is 1.22. The minimum Gasteiger partial charge on any atom is -0.443 e. The number of nitrogens with zero attached hydrogens (tertiary/aromatic N) is 5. The highest BCUT2D eigenvalue weighted by Gasteiger charge is 2.42. The SMILES string of the molecule is CC1(C)COC[C@H]1n1c(Cc2cc(F)c(-c3cccc4c3O[C@](C)(c3ccc(C#N)cn3)O4)cc2F)nc2c(F)cc(-c3noc(=O)[nH]3)cc21. The molecule has 252 valence electrons. The van der Waals surface area contributed by atoms with E-state index in [1.807, 2.05) is 19.9 Å². The molecule has 2 aliphatic heterocycles. The molecule has 2 atom stereocenters. The largest absolute Gasteiger partial charge is 0.443 e. The van der Waals surface area contributed by atoms with E-state index in [1.54, 1.807) is 47.9 Å². The number of aromatic nitrogens is 5. The van der Waals surface area contributed by atoms with Crippen LogP contribution in [0.4, 0.5) is 13.2 Å². The van der Waals surface area contributed by atoms with Gasteiger partial charge in [-0.1, -0.05) is 31.1 Å². The average Bonchev–Trinajstić information content (AvgIpc) is 3.86. The third-order valence-electron chi connectivity index (χ3n) is 9.21. The number of aromatic amines is 1. The van der Waals surface area contributed by atoms with E-state index in [9.17, 15) is 4.79 Å². The van der Waals surface area contributed by atoms with E-state index in [0.29, 0.717) is 35.0 Å². The molecule has 3 aromatic heterocycles. The molecule has 1 saturated heterocycles. The monoisotopic (exact) mass is 680 g/mol. The average molecular weight is 681 g/mol. The lowest BCUT2D eigenvalue weighted by Gasteiger charge is -2.28. The Morgan fingerprint density at radius 3 is 2.56 bits per heavy atom. The van der Waals surface area contributed by atoms with Gasteiger partial charge in [0.25, 0.3) is 5.79 Å². The maximum absolute atomic E-state index is 16.1. The summed E-state index contributed by atoms with van der Waals surface area (Å²) in [7, 11) is 0. The van der Waals surface area contributed by atoms with Crippen LogP contribution in [0.25, 0.3) is 33.5 Å². The number of rotatable bonds is 6. The standard InChI is InChI=1S/C36H27F3N6O5/c1-35(2)17-47-16-29(35)45-26-11-20(33-43-34(46)50-44-33)10-25(39)31(26)42-30(45)12-19-9-24(38)22(13-23(19)37)21-5-4-6-27-32(21)49-36(3,48-27)28-8-7-18(14-40)15-41-28/h4-11,13,15,29H,12,16-17H2,1-3H3,(H,43,44,46)/t29-,36-/m1/s1. The summed E-state index contributed by atoms with van der Waals surface area (Å²) in [5.74, 6) is -3.45. The number of benzene rings is 3. The van der Waals surface area contributed by atoms with Crippen molar-refractivity contribution in [3.05, 3.63) is 111 Å². The zero-order chi connectivity index (χ0) is 34.9. The van der Waals surface area contributed by atoms with Crippen molar-refractivity contribution in [2.75, 3.05) is 13.2 Å². The van der Waals surface area contributed by atoms with Crippen molar-refractivity contribution < 1.29 is 31.9 Å². The summed E-state index contributed by atoms with van der Waals surface area (Å²) in [6, 6.07) is 14.8. The lowest BCUT2D eigenvalue weighted by atomic mass is 9.87. The number of pyridine rings is 1. The van der Waals surface area contributed by atoms with Crippen LogP contribution in [0.1, 0.15) is 49.5 Å². The van der Waals surface area contributed by atoms with Crippen LogP contribution in [0.15, 0.2) is 70.1 Å². The van der Waals surface area contributed by atoms with Crippen molar-refractivity contribution in [1.82, 2.24) is 24.7 Å². The van der Waals surface area contributed by atoms with Gasteiger partial charge in [-0.15, -0.1) is 0 Å². The van der Waals surface area contributed by atoms with Crippen molar-refractivity contribution in [2.24, 2.45) is 5.41 Å². The maximum Gasteiger partial charge on any atom is 0.439 e. The van der Waals surface area contributed by atoms with Crippen molar-refractivity contribution in [1.29, 1.82) is 5.26 Å². The Hall–Kier alpha value is -5.94. The molecular weight excluding hydrogens is 653 g/mol. The second-order valence-corrected chi connectivity index (χ2v) is 13.1. The van der Waals surface area contributed by atoms with Crippen LogP contribution in [0.5, 0.6) is 11.5 Å². The van der Waals surface area contributed by atoms with Gasteiger partial charge in [-0.05, 0) is 48.0 Å². The smallest absolute Gasteiger partial charge is 0.439 e. The quantitative estimate of drug-likeness (QED) is 0.207. The fourth-order valence-electron chi connectivity index (χ4n) is 6.62. The number of nitriles is 1. The number of hydrogen-bond acceptors (Lipinski definition) is 9. The molecule has 0 saturated carbocycles. The molecule has 8 rings (SSSR count). The molecule has 14 heteroatoms. The first-order valence-electron chi connectivity index (χ1n) is 15.6. The number of hydrogen-bond donors (Lipinski definition) is 1. The van der Waals surface area contributed by atoms with Crippen LogP contribution in [0.2, 0.25) is 0 Å². The zero-order valence-corrected chi connectivity index (χ0v) is 26.9. The summed E-state index contributed by atoms with van der Waals surface area (Å²) in [6.45, 7) is 6.34. The number of imidazole rings is 1. The molecule has 1 fully saturated rings. The minimum atomic E-state index is -1.38. The minimum absolute atomic E-state index is 0.00245. The molecule has 11 nitrogen and oxygen atoms in total. The second-order valence-electron chi connectivity index (χ2n) is 13.1. The Morgan fingerprint density at radius 1 is 1.02 bits per heavy atom. The molecule has 0 radical (unpaired) electrons. The van der Waals surface area contributed by atoms with Gasteiger partial charge in [0.2, 0.25) is 0 Å². The van der Waals surface area contributed by atoms with E-state index in [1.165, 1.54) is 12.3 Å². The van der Waals surface area contributed by atoms with Gasteiger partial charge in [-0.3, -0.25) is 14.5 Å². The first kappa shape index (κ1) is 31.3. The Kier molecular flexibility index (Phi) is 7.09. The van der Waals surface area contributed by atoms with Gasteiger partial charge < -0.3 is 18.8 Å². The number of para-hydroxylation sites is 1. The molecule has 3 aromatic carbocycles. The predicted molar refractivity (Wildman–Crippen MR) is 172 cm³/mol. The first-order chi connectivity index (χ1) is 23.9. The molecule has 50 heavy (non-hydrogen) atoms. The van der Waals surface area contributed by atoms with Crippen molar-refractivity contribution in [3.8, 4) is 40.1 Å². The fourth-order valence-corrected chi connectivity index (χ4v) is 6.62. The van der Waals surface area contributed by atoms with E-state index in [4.69, 9.17) is 19.5 Å². The third-order valence-corrected chi connectivity index (χ3v) is 9.21. The number of ether oxygens (including phenoxy) is 3. The third kappa shape index (κ3) is 5.09. The molecule has 0 spiro atoms. The first-order valence-corrected chi connectivity index (χ1v) is 15.6. The molecule has 5 heterocycles. The highest BCUT2D eigenvalue weighted by atomic mass is 19.1. The van der Waals surface area contributed by atoms with E-state index in [0.717, 1.165) is 12.1 Å². The van der Waals surface area contributed by atoms with Crippen LogP contribution in [-0.2, 0) is 16.9 Å². The van der Waals surface area contributed by atoms with Gasteiger partial charge in [0.15, 0.2) is 23.1 Å². The Morgan fingerprint density at radius 2 is 1.86 bits per heavy atom. The van der Waals surface area contributed by atoms with Crippen molar-refractivity contribution >= 4 is 11.0 Å². The lowest BCUT2D eigenvalue weighted by Crippen LogP contribution is -2.32. The number of H-pyrrole nitrogens is 1. The summed E-state index contributed by atoms with van der Waals surface area (Å²) >= 11 is 0. The normalized spacial score (nSPS) is 19.3. The van der Waals surface area contributed by atoms with Crippen LogP contribution >= 0.6 is 0 Å². The van der Waals surface area contributed by atoms with Crippen molar-refractivity contribution in [3.63, 3.8) is 0 Å². The summed E-state index contributed by atoms with van der Waals surface area (Å²) in [4.78, 5) is 22.9. The summed E-state index contributed by atoms with van der Waals surface area (Å²) in [5.41, 5.74) is 1.18. The van der Waals surface area contributed by atoms with Gasteiger partial charge in [-0.2, -0.15) is 5.26 Å². The van der Waals surface area contributed by atoms with E-state index >= 15 is 13.2 Å². The fraction of sp³-hybridized carbons (Fsp3) is 0.250. The second kappa shape index (κ2) is 11.3. The Labute approximate surface area is 281 Å². The lowest BCUT2D eigenvalue weighted by molar-refractivity contribution is -0.0715. The molecule has 0 unspecified atom stereocenters. The van der Waals surface area contributed by atoms with Crippen LogP contribution in [-0.4, -0.2) is 37.9 Å². The number of halogens is 3. The number of fused-ring (bicyclic) bond motifs is 2. The molecule has 0 bridgehead atoms. The van der Waals surface area contributed by atoms with E-state index < -0.39 is 34.4 Å². The maximum atomic E-state index is 16.1.